The molecule has 20 heavy (non-hydrogen) atoms. The van der Waals surface area contributed by atoms with Gasteiger partial charge in [0.15, 0.2) is 11.7 Å². The van der Waals surface area contributed by atoms with Gasteiger partial charge in [0.05, 0.1) is 11.1 Å². The van der Waals surface area contributed by atoms with Crippen LogP contribution in [-0.2, 0) is 6.42 Å². The van der Waals surface area contributed by atoms with Gasteiger partial charge in [0.25, 0.3) is 5.69 Å². The van der Waals surface area contributed by atoms with Crippen LogP contribution in [0, 0.1) is 17.0 Å². The van der Waals surface area contributed by atoms with Gasteiger partial charge >= 0.3 is 0 Å². The Morgan fingerprint density at radius 2 is 2.20 bits per heavy atom. The van der Waals surface area contributed by atoms with E-state index in [9.17, 15) is 10.1 Å². The largest absolute Gasteiger partial charge is 0.441 e. The highest BCUT2D eigenvalue weighted by molar-refractivity contribution is 5.61. The number of nitrogens with zero attached hydrogens (tertiary/aromatic N) is 2. The number of oxazole rings is 1. The van der Waals surface area contributed by atoms with Crippen LogP contribution in [0.15, 0.2) is 28.8 Å². The van der Waals surface area contributed by atoms with E-state index < -0.39 is 4.92 Å². The van der Waals surface area contributed by atoms with Crippen LogP contribution in [0.2, 0.25) is 0 Å². The lowest BCUT2D eigenvalue weighted by atomic mass is 10.1. The zero-order valence-corrected chi connectivity index (χ0v) is 11.5. The second-order valence-corrected chi connectivity index (χ2v) is 4.64. The topological polar surface area (TPSA) is 81.2 Å². The van der Waals surface area contributed by atoms with Crippen molar-refractivity contribution < 1.29 is 9.34 Å². The number of nitro groups is 1. The summed E-state index contributed by atoms with van der Waals surface area (Å²) in [5.74, 6) is 1.22. The summed E-state index contributed by atoms with van der Waals surface area (Å²) in [5.41, 5.74) is 1.57. The molecule has 1 aromatic carbocycles. The van der Waals surface area contributed by atoms with Crippen LogP contribution in [0.5, 0.6) is 0 Å². The van der Waals surface area contributed by atoms with Crippen molar-refractivity contribution in [3.63, 3.8) is 0 Å². The number of rotatable bonds is 6. The van der Waals surface area contributed by atoms with Gasteiger partial charge in [-0.3, -0.25) is 10.1 Å². The molecule has 1 aromatic heterocycles. The van der Waals surface area contributed by atoms with E-state index in [1.807, 2.05) is 20.0 Å². The smallest absolute Gasteiger partial charge is 0.270 e. The lowest BCUT2D eigenvalue weighted by molar-refractivity contribution is -0.384. The third-order valence-electron chi connectivity index (χ3n) is 2.93. The summed E-state index contributed by atoms with van der Waals surface area (Å²) in [6, 6.07) is 4.89. The summed E-state index contributed by atoms with van der Waals surface area (Å²) in [6.07, 6.45) is 3.30. The zero-order chi connectivity index (χ0) is 14.5. The van der Waals surface area contributed by atoms with Crippen LogP contribution >= 0.6 is 0 Å². The van der Waals surface area contributed by atoms with Gasteiger partial charge in [-0.15, -0.1) is 0 Å². The molecule has 0 bridgehead atoms. The monoisotopic (exact) mass is 275 g/mol. The maximum atomic E-state index is 10.9. The molecular weight excluding hydrogens is 258 g/mol. The first-order chi connectivity index (χ1) is 9.60. The summed E-state index contributed by atoms with van der Waals surface area (Å²) in [6.45, 7) is 2.72. The van der Waals surface area contributed by atoms with Crippen molar-refractivity contribution in [1.82, 2.24) is 10.3 Å². The van der Waals surface area contributed by atoms with Gasteiger partial charge in [-0.1, -0.05) is 0 Å². The highest BCUT2D eigenvalue weighted by atomic mass is 16.6. The van der Waals surface area contributed by atoms with Gasteiger partial charge in [0, 0.05) is 24.1 Å². The maximum Gasteiger partial charge on any atom is 0.270 e. The molecular formula is C14H17N3O3. The number of aromatic nitrogens is 1. The minimum atomic E-state index is -0.402. The molecule has 1 N–H and O–H groups in total. The molecule has 0 saturated heterocycles. The van der Waals surface area contributed by atoms with Crippen LogP contribution in [-0.4, -0.2) is 23.5 Å². The lowest BCUT2D eigenvalue weighted by Crippen LogP contribution is -2.08. The van der Waals surface area contributed by atoms with E-state index in [4.69, 9.17) is 4.42 Å². The van der Waals surface area contributed by atoms with Gasteiger partial charge < -0.3 is 9.73 Å². The fourth-order valence-electron chi connectivity index (χ4n) is 1.99. The van der Waals surface area contributed by atoms with Crippen molar-refractivity contribution in [3.05, 3.63) is 46.0 Å². The molecule has 0 radical (unpaired) electrons. The standard InChI is InChI=1S/C14H17N3O3/c1-10-6-11(8-12(7-10)17(18)19)13-9-16-14(20-13)4-3-5-15-2/h6-9,15H,3-5H2,1-2H3. The van der Waals surface area contributed by atoms with E-state index in [1.54, 1.807) is 6.20 Å². The quantitative estimate of drug-likeness (QED) is 0.498. The van der Waals surface area contributed by atoms with Crippen molar-refractivity contribution in [2.75, 3.05) is 13.6 Å². The Morgan fingerprint density at radius 1 is 1.40 bits per heavy atom. The molecule has 0 atom stereocenters. The van der Waals surface area contributed by atoms with E-state index in [0.29, 0.717) is 17.2 Å². The first-order valence-corrected chi connectivity index (χ1v) is 6.46. The van der Waals surface area contributed by atoms with Crippen molar-refractivity contribution in [2.24, 2.45) is 0 Å². The average Bonchev–Trinajstić information content (AvgIpc) is 2.87. The molecule has 0 unspecified atom stereocenters. The van der Waals surface area contributed by atoms with Gasteiger partial charge in [0.1, 0.15) is 0 Å². The summed E-state index contributed by atoms with van der Waals surface area (Å²) >= 11 is 0. The second kappa shape index (κ2) is 6.29. The molecule has 1 heterocycles. The number of benzene rings is 1. The van der Waals surface area contributed by atoms with Gasteiger partial charge in [-0.25, -0.2) is 4.98 Å². The fourth-order valence-corrected chi connectivity index (χ4v) is 1.99. The average molecular weight is 275 g/mol. The van der Waals surface area contributed by atoms with Crippen LogP contribution in [0.3, 0.4) is 0 Å². The Morgan fingerprint density at radius 3 is 2.90 bits per heavy atom. The summed E-state index contributed by atoms with van der Waals surface area (Å²) in [5, 5.41) is 13.9. The molecule has 0 aliphatic carbocycles. The molecule has 0 amide bonds. The molecule has 0 saturated carbocycles. The van der Waals surface area contributed by atoms with Gasteiger partial charge in [-0.05, 0) is 38.6 Å². The third kappa shape index (κ3) is 3.42. The van der Waals surface area contributed by atoms with Crippen LogP contribution < -0.4 is 5.32 Å². The predicted octanol–water partition coefficient (Wildman–Crippen LogP) is 2.71. The van der Waals surface area contributed by atoms with Crippen molar-refractivity contribution in [3.8, 4) is 11.3 Å². The fraction of sp³-hybridized carbons (Fsp3) is 0.357. The molecule has 0 spiro atoms. The van der Waals surface area contributed by atoms with Crippen molar-refractivity contribution in [2.45, 2.75) is 19.8 Å². The Bertz CT molecular complexity index is 607. The normalized spacial score (nSPS) is 10.7. The summed E-state index contributed by atoms with van der Waals surface area (Å²) < 4.78 is 5.64. The number of aryl methyl sites for hydroxylation is 2. The molecule has 0 aliphatic heterocycles. The van der Waals surface area contributed by atoms with Crippen molar-refractivity contribution in [1.29, 1.82) is 0 Å². The van der Waals surface area contributed by atoms with Gasteiger partial charge in [0.2, 0.25) is 0 Å². The first kappa shape index (κ1) is 14.2. The van der Waals surface area contributed by atoms with Gasteiger partial charge in [-0.2, -0.15) is 0 Å². The van der Waals surface area contributed by atoms with E-state index in [0.717, 1.165) is 24.9 Å². The minimum Gasteiger partial charge on any atom is -0.441 e. The Labute approximate surface area is 117 Å². The SMILES string of the molecule is CNCCCc1ncc(-c2cc(C)cc([N+](=O)[O-])c2)o1. The number of hydrogen-bond acceptors (Lipinski definition) is 5. The highest BCUT2D eigenvalue weighted by Crippen LogP contribution is 2.26. The number of hydrogen-bond donors (Lipinski definition) is 1. The number of non-ortho nitro benzene ring substituents is 1. The predicted molar refractivity (Wildman–Crippen MR) is 75.6 cm³/mol. The zero-order valence-electron chi connectivity index (χ0n) is 11.5. The highest BCUT2D eigenvalue weighted by Gasteiger charge is 2.12. The number of nitrogens with one attached hydrogen (secondary N) is 1. The van der Waals surface area contributed by atoms with Crippen molar-refractivity contribution >= 4 is 5.69 Å². The van der Waals surface area contributed by atoms with Crippen LogP contribution in [0.1, 0.15) is 17.9 Å². The number of nitro benzene ring substituents is 1. The molecule has 0 aliphatic rings. The van der Waals surface area contributed by atoms with E-state index >= 15 is 0 Å². The Balaban J connectivity index is 2.21. The summed E-state index contributed by atoms with van der Waals surface area (Å²) in [4.78, 5) is 14.7. The van der Waals surface area contributed by atoms with E-state index in [1.165, 1.54) is 12.1 Å². The van der Waals surface area contributed by atoms with E-state index in [-0.39, 0.29) is 5.69 Å². The van der Waals surface area contributed by atoms with Crippen LogP contribution in [0.25, 0.3) is 11.3 Å². The van der Waals surface area contributed by atoms with E-state index in [2.05, 4.69) is 10.3 Å². The first-order valence-electron chi connectivity index (χ1n) is 6.46. The summed E-state index contributed by atoms with van der Waals surface area (Å²) in [7, 11) is 1.90. The third-order valence-corrected chi connectivity index (χ3v) is 2.93. The minimum absolute atomic E-state index is 0.0631. The molecule has 2 rings (SSSR count). The molecule has 6 heteroatoms. The molecule has 106 valence electrons. The second-order valence-electron chi connectivity index (χ2n) is 4.64. The molecule has 2 aromatic rings. The lowest BCUT2D eigenvalue weighted by Gasteiger charge is -2.00. The Kier molecular flexibility index (Phi) is 4.47. The van der Waals surface area contributed by atoms with Crippen LogP contribution in [0.4, 0.5) is 5.69 Å². The Hall–Kier alpha value is -2.21. The maximum absolute atomic E-state index is 10.9. The molecule has 6 nitrogen and oxygen atoms in total. The molecule has 0 fully saturated rings.